The monoisotopic (exact) mass is 487 g/mol. The topological polar surface area (TPSA) is 106 Å². The second-order valence-electron chi connectivity index (χ2n) is 9.17. The standard InChI is InChI=1S/C25H25N7O2S/c1-15-21-18(24(34)31-11-4-5-17(14-31)23(33)29-25-27-10-12-35-25)13-19(16-7-8-16)28-22(21)32(30-15)20-6-2-3-9-26-20/h2-3,6,9-10,12-13,16-17H,4-5,7-8,11,14H2,1H3,(H,27,29,33). The summed E-state index contributed by atoms with van der Waals surface area (Å²) in [6.07, 6.45) is 7.06. The van der Waals surface area contributed by atoms with Gasteiger partial charge in [0.05, 0.1) is 22.6 Å². The Kier molecular flexibility index (Phi) is 5.52. The molecule has 35 heavy (non-hydrogen) atoms. The fourth-order valence-corrected chi connectivity index (χ4v) is 5.27. The lowest BCUT2D eigenvalue weighted by molar-refractivity contribution is -0.121. The average molecular weight is 488 g/mol. The van der Waals surface area contributed by atoms with Crippen LogP contribution < -0.4 is 5.32 Å². The zero-order valence-electron chi connectivity index (χ0n) is 19.3. The number of aromatic nitrogens is 5. The van der Waals surface area contributed by atoms with Crippen LogP contribution in [0.5, 0.6) is 0 Å². The average Bonchev–Trinajstić information content (AvgIpc) is 3.52. The van der Waals surface area contributed by atoms with Crippen LogP contribution in [0.1, 0.15) is 53.3 Å². The van der Waals surface area contributed by atoms with E-state index in [2.05, 4.69) is 15.3 Å². The summed E-state index contributed by atoms with van der Waals surface area (Å²) in [5.41, 5.74) is 2.92. The largest absolute Gasteiger partial charge is 0.338 e. The molecule has 2 fully saturated rings. The Morgan fingerprint density at radius 1 is 1.14 bits per heavy atom. The molecule has 10 heteroatoms. The molecule has 0 spiro atoms. The molecule has 2 amide bonds. The number of nitrogens with one attached hydrogen (secondary N) is 1. The Bertz CT molecular complexity index is 1400. The first-order valence-electron chi connectivity index (χ1n) is 11.9. The van der Waals surface area contributed by atoms with Gasteiger partial charge in [-0.05, 0) is 50.8 Å². The van der Waals surface area contributed by atoms with Crippen molar-refractivity contribution in [2.45, 2.75) is 38.5 Å². The number of hydrogen-bond acceptors (Lipinski definition) is 7. The minimum atomic E-state index is -0.269. The van der Waals surface area contributed by atoms with Crippen molar-refractivity contribution in [3.05, 3.63) is 59.0 Å². The molecule has 6 rings (SSSR count). The van der Waals surface area contributed by atoms with E-state index in [0.29, 0.717) is 41.2 Å². The predicted molar refractivity (Wildman–Crippen MR) is 133 cm³/mol. The molecule has 2 aliphatic rings. The lowest BCUT2D eigenvalue weighted by Gasteiger charge is -2.32. The number of carbonyl (C=O) groups excluding carboxylic acids is 2. The lowest BCUT2D eigenvalue weighted by atomic mass is 9.96. The third-order valence-electron chi connectivity index (χ3n) is 6.67. The van der Waals surface area contributed by atoms with Gasteiger partial charge in [-0.15, -0.1) is 11.3 Å². The SMILES string of the molecule is Cc1nn(-c2ccccn2)c2nc(C3CC3)cc(C(=O)N3CCCC(C(=O)Nc4nccs4)C3)c12. The summed E-state index contributed by atoms with van der Waals surface area (Å²) in [6.45, 7) is 2.90. The number of amides is 2. The highest BCUT2D eigenvalue weighted by molar-refractivity contribution is 7.13. The van der Waals surface area contributed by atoms with Crippen molar-refractivity contribution in [2.75, 3.05) is 18.4 Å². The van der Waals surface area contributed by atoms with Gasteiger partial charge in [-0.2, -0.15) is 9.78 Å². The lowest BCUT2D eigenvalue weighted by Crippen LogP contribution is -2.43. The van der Waals surface area contributed by atoms with Crippen LogP contribution >= 0.6 is 11.3 Å². The van der Waals surface area contributed by atoms with Gasteiger partial charge < -0.3 is 10.2 Å². The number of anilines is 1. The van der Waals surface area contributed by atoms with E-state index in [-0.39, 0.29) is 17.7 Å². The molecule has 0 bridgehead atoms. The number of carbonyl (C=O) groups is 2. The number of nitrogens with zero attached hydrogens (tertiary/aromatic N) is 6. The number of aryl methyl sites for hydroxylation is 1. The van der Waals surface area contributed by atoms with Crippen LogP contribution in [0.15, 0.2) is 42.0 Å². The Labute approximate surface area is 206 Å². The maximum atomic E-state index is 13.9. The number of hydrogen-bond donors (Lipinski definition) is 1. The van der Waals surface area contributed by atoms with Crippen LogP contribution in [0.4, 0.5) is 5.13 Å². The molecule has 4 aromatic rings. The van der Waals surface area contributed by atoms with Crippen LogP contribution in [-0.4, -0.2) is 54.5 Å². The molecule has 1 saturated carbocycles. The summed E-state index contributed by atoms with van der Waals surface area (Å²) in [6, 6.07) is 7.60. The summed E-state index contributed by atoms with van der Waals surface area (Å²) >= 11 is 1.39. The van der Waals surface area contributed by atoms with E-state index in [1.54, 1.807) is 22.0 Å². The van der Waals surface area contributed by atoms with Gasteiger partial charge in [-0.25, -0.2) is 15.0 Å². The quantitative estimate of drug-likeness (QED) is 0.457. The van der Waals surface area contributed by atoms with Gasteiger partial charge in [0.1, 0.15) is 0 Å². The molecule has 0 aromatic carbocycles. The highest BCUT2D eigenvalue weighted by Crippen LogP contribution is 2.41. The number of pyridine rings is 2. The first kappa shape index (κ1) is 21.8. The Morgan fingerprint density at radius 2 is 2.03 bits per heavy atom. The molecule has 4 aromatic heterocycles. The smallest absolute Gasteiger partial charge is 0.254 e. The van der Waals surface area contributed by atoms with Gasteiger partial charge in [-0.3, -0.25) is 9.59 Å². The molecular formula is C25H25N7O2S. The number of thiazole rings is 1. The molecule has 1 aliphatic heterocycles. The third-order valence-corrected chi connectivity index (χ3v) is 7.36. The van der Waals surface area contributed by atoms with Crippen molar-refractivity contribution < 1.29 is 9.59 Å². The van der Waals surface area contributed by atoms with Gasteiger partial charge in [0.15, 0.2) is 16.6 Å². The van der Waals surface area contributed by atoms with Gasteiger partial charge in [0.2, 0.25) is 5.91 Å². The first-order valence-corrected chi connectivity index (χ1v) is 12.8. The molecule has 1 aliphatic carbocycles. The number of piperidine rings is 1. The van der Waals surface area contributed by atoms with Crippen LogP contribution in [0.25, 0.3) is 16.9 Å². The van der Waals surface area contributed by atoms with Crippen LogP contribution in [-0.2, 0) is 4.79 Å². The van der Waals surface area contributed by atoms with Crippen LogP contribution in [0, 0.1) is 12.8 Å². The Morgan fingerprint density at radius 3 is 2.77 bits per heavy atom. The number of rotatable bonds is 5. The van der Waals surface area contributed by atoms with Crippen molar-refractivity contribution in [3.63, 3.8) is 0 Å². The summed E-state index contributed by atoms with van der Waals surface area (Å²) < 4.78 is 1.73. The molecule has 178 valence electrons. The van der Waals surface area contributed by atoms with Crippen molar-refractivity contribution in [2.24, 2.45) is 5.92 Å². The third kappa shape index (κ3) is 4.18. The highest BCUT2D eigenvalue weighted by atomic mass is 32.1. The maximum absolute atomic E-state index is 13.9. The number of fused-ring (bicyclic) bond motifs is 1. The molecule has 1 N–H and O–H groups in total. The van der Waals surface area contributed by atoms with E-state index >= 15 is 0 Å². The van der Waals surface area contributed by atoms with E-state index in [1.165, 1.54) is 11.3 Å². The summed E-state index contributed by atoms with van der Waals surface area (Å²) in [5.74, 6) is 0.608. The van der Waals surface area contributed by atoms with Crippen molar-refractivity contribution in [3.8, 4) is 5.82 Å². The summed E-state index contributed by atoms with van der Waals surface area (Å²) in [4.78, 5) is 42.0. The Hall–Kier alpha value is -3.66. The van der Waals surface area contributed by atoms with Crippen LogP contribution in [0.3, 0.4) is 0 Å². The molecular weight excluding hydrogens is 462 g/mol. The van der Waals surface area contributed by atoms with Crippen molar-refractivity contribution in [1.29, 1.82) is 0 Å². The van der Waals surface area contributed by atoms with E-state index in [0.717, 1.165) is 42.5 Å². The van der Waals surface area contributed by atoms with Gasteiger partial charge in [0, 0.05) is 42.5 Å². The zero-order chi connectivity index (χ0) is 23.9. The summed E-state index contributed by atoms with van der Waals surface area (Å²) in [5, 5.41) is 10.7. The highest BCUT2D eigenvalue weighted by Gasteiger charge is 2.33. The fourth-order valence-electron chi connectivity index (χ4n) is 4.74. The van der Waals surface area contributed by atoms with Crippen molar-refractivity contribution in [1.82, 2.24) is 29.6 Å². The van der Waals surface area contributed by atoms with Crippen molar-refractivity contribution >= 4 is 39.3 Å². The minimum absolute atomic E-state index is 0.0743. The second kappa shape index (κ2) is 8.84. The molecule has 0 radical (unpaired) electrons. The minimum Gasteiger partial charge on any atom is -0.338 e. The second-order valence-corrected chi connectivity index (χ2v) is 10.1. The van der Waals surface area contributed by atoms with Gasteiger partial charge >= 0.3 is 0 Å². The van der Waals surface area contributed by atoms with E-state index < -0.39 is 0 Å². The van der Waals surface area contributed by atoms with E-state index in [9.17, 15) is 9.59 Å². The molecule has 1 atom stereocenters. The molecule has 1 unspecified atom stereocenters. The molecule has 1 saturated heterocycles. The normalized spacial score (nSPS) is 18.1. The Balaban J connectivity index is 1.35. The summed E-state index contributed by atoms with van der Waals surface area (Å²) in [7, 11) is 0. The fraction of sp³-hybridized carbons (Fsp3) is 0.360. The van der Waals surface area contributed by atoms with E-state index in [4.69, 9.17) is 10.1 Å². The predicted octanol–water partition coefficient (Wildman–Crippen LogP) is 3.95. The van der Waals surface area contributed by atoms with Crippen LogP contribution in [0.2, 0.25) is 0 Å². The molecule has 5 heterocycles. The van der Waals surface area contributed by atoms with Gasteiger partial charge in [0.25, 0.3) is 5.91 Å². The van der Waals surface area contributed by atoms with E-state index in [1.807, 2.05) is 36.6 Å². The first-order chi connectivity index (χ1) is 17.1. The van der Waals surface area contributed by atoms with Gasteiger partial charge in [-0.1, -0.05) is 6.07 Å². The zero-order valence-corrected chi connectivity index (χ0v) is 20.2. The molecule has 9 nitrogen and oxygen atoms in total. The number of likely N-dealkylation sites (tertiary alicyclic amines) is 1. The maximum Gasteiger partial charge on any atom is 0.254 e.